The van der Waals surface area contributed by atoms with Gasteiger partial charge in [0.2, 0.25) is 5.09 Å². The molecule has 1 fully saturated rings. The van der Waals surface area contributed by atoms with Crippen molar-refractivity contribution in [2.45, 2.75) is 43.6 Å². The maximum atomic E-state index is 12.4. The Morgan fingerprint density at radius 1 is 1.37 bits per heavy atom. The fourth-order valence-electron chi connectivity index (χ4n) is 2.54. The smallest absolute Gasteiger partial charge is 0.276 e. The zero-order valence-corrected chi connectivity index (χ0v) is 12.7. The number of furan rings is 1. The Bertz CT molecular complexity index is 504. The van der Waals surface area contributed by atoms with Crippen molar-refractivity contribution < 1.29 is 12.8 Å². The molecule has 0 bridgehead atoms. The molecule has 0 spiro atoms. The first kappa shape index (κ1) is 14.9. The molecule has 0 radical (unpaired) electrons. The molecule has 0 aliphatic carbocycles. The van der Waals surface area contributed by atoms with E-state index in [0.717, 1.165) is 19.3 Å². The van der Waals surface area contributed by atoms with Gasteiger partial charge < -0.3 is 4.42 Å². The van der Waals surface area contributed by atoms with Crippen molar-refractivity contribution in [3.63, 3.8) is 0 Å². The van der Waals surface area contributed by atoms with Crippen molar-refractivity contribution in [1.29, 1.82) is 0 Å². The lowest BCUT2D eigenvalue weighted by Crippen LogP contribution is -2.38. The Kier molecular flexibility index (Phi) is 4.92. The number of halogens is 1. The molecule has 1 aromatic rings. The molecule has 0 atom stereocenters. The fourth-order valence-corrected chi connectivity index (χ4v) is 4.08. The Balaban J connectivity index is 2.05. The van der Waals surface area contributed by atoms with Gasteiger partial charge in [0.1, 0.15) is 5.76 Å². The summed E-state index contributed by atoms with van der Waals surface area (Å²) in [5.74, 6) is 1.33. The van der Waals surface area contributed by atoms with E-state index in [4.69, 9.17) is 16.0 Å². The van der Waals surface area contributed by atoms with Crippen LogP contribution in [-0.4, -0.2) is 25.8 Å². The second kappa shape index (κ2) is 6.29. The van der Waals surface area contributed by atoms with Crippen molar-refractivity contribution in [3.8, 4) is 0 Å². The number of alkyl halides is 1. The van der Waals surface area contributed by atoms with Gasteiger partial charge in [-0.15, -0.1) is 11.6 Å². The normalized spacial score (nSPS) is 18.8. The first-order valence-corrected chi connectivity index (χ1v) is 8.70. The van der Waals surface area contributed by atoms with Gasteiger partial charge in [-0.1, -0.05) is 19.8 Å². The highest BCUT2D eigenvalue weighted by Gasteiger charge is 2.31. The average molecular weight is 306 g/mol. The molecule has 19 heavy (non-hydrogen) atoms. The van der Waals surface area contributed by atoms with Crippen LogP contribution in [-0.2, 0) is 15.9 Å². The number of piperidine rings is 1. The molecule has 0 amide bonds. The molecule has 1 saturated heterocycles. The van der Waals surface area contributed by atoms with Crippen LogP contribution in [0.5, 0.6) is 0 Å². The van der Waals surface area contributed by atoms with Crippen LogP contribution >= 0.6 is 11.6 Å². The molecule has 1 aliphatic rings. The van der Waals surface area contributed by atoms with Crippen molar-refractivity contribution in [2.24, 2.45) is 5.92 Å². The zero-order chi connectivity index (χ0) is 13.9. The van der Waals surface area contributed by atoms with Crippen LogP contribution in [0.4, 0.5) is 0 Å². The summed E-state index contributed by atoms with van der Waals surface area (Å²) in [6.07, 6.45) is 4.23. The molecule has 0 aromatic carbocycles. The minimum Gasteiger partial charge on any atom is -0.447 e. The van der Waals surface area contributed by atoms with Crippen LogP contribution in [0, 0.1) is 5.92 Å². The number of hydrogen-bond acceptors (Lipinski definition) is 3. The summed E-state index contributed by atoms with van der Waals surface area (Å²) in [6, 6.07) is 3.11. The summed E-state index contributed by atoms with van der Waals surface area (Å²) in [4.78, 5) is 0. The third-order valence-corrected chi connectivity index (χ3v) is 5.67. The lowest BCUT2D eigenvalue weighted by molar-refractivity contribution is 0.257. The van der Waals surface area contributed by atoms with Gasteiger partial charge in [-0.2, -0.15) is 4.31 Å². The van der Waals surface area contributed by atoms with Crippen LogP contribution in [0.15, 0.2) is 21.6 Å². The van der Waals surface area contributed by atoms with E-state index in [2.05, 4.69) is 6.92 Å². The Morgan fingerprint density at radius 3 is 2.58 bits per heavy atom. The van der Waals surface area contributed by atoms with E-state index < -0.39 is 10.0 Å². The van der Waals surface area contributed by atoms with Crippen LogP contribution in [0.1, 0.15) is 38.4 Å². The molecule has 0 unspecified atom stereocenters. The van der Waals surface area contributed by atoms with Crippen molar-refractivity contribution in [3.05, 3.63) is 17.9 Å². The lowest BCUT2D eigenvalue weighted by atomic mass is 9.94. The summed E-state index contributed by atoms with van der Waals surface area (Å²) in [7, 11) is -3.48. The summed E-state index contributed by atoms with van der Waals surface area (Å²) >= 11 is 5.63. The maximum Gasteiger partial charge on any atom is 0.276 e. The second-order valence-corrected chi connectivity index (χ2v) is 7.13. The largest absolute Gasteiger partial charge is 0.447 e. The summed E-state index contributed by atoms with van der Waals surface area (Å²) < 4.78 is 31.5. The van der Waals surface area contributed by atoms with Crippen molar-refractivity contribution >= 4 is 21.6 Å². The lowest BCUT2D eigenvalue weighted by Gasteiger charge is -2.30. The molecule has 2 heterocycles. The predicted octanol–water partition coefficient (Wildman–Crippen LogP) is 3.22. The van der Waals surface area contributed by atoms with Crippen LogP contribution in [0.25, 0.3) is 0 Å². The van der Waals surface area contributed by atoms with E-state index >= 15 is 0 Å². The zero-order valence-electron chi connectivity index (χ0n) is 11.1. The average Bonchev–Trinajstić information content (AvgIpc) is 2.89. The predicted molar refractivity (Wildman–Crippen MR) is 74.7 cm³/mol. The fraction of sp³-hybridized carbons (Fsp3) is 0.692. The monoisotopic (exact) mass is 305 g/mol. The summed E-state index contributed by atoms with van der Waals surface area (Å²) in [6.45, 7) is 3.34. The van der Waals surface area contributed by atoms with Crippen LogP contribution in [0.2, 0.25) is 0 Å². The molecule has 108 valence electrons. The molecule has 4 nitrogen and oxygen atoms in total. The highest BCUT2D eigenvalue weighted by Crippen LogP contribution is 2.27. The minimum absolute atomic E-state index is 0.0112. The SMILES string of the molecule is CCCC1CCN(S(=O)(=O)c2ccc(CCl)o2)CC1. The highest BCUT2D eigenvalue weighted by molar-refractivity contribution is 7.89. The minimum atomic E-state index is -3.48. The molecule has 0 N–H and O–H groups in total. The third-order valence-electron chi connectivity index (χ3n) is 3.63. The maximum absolute atomic E-state index is 12.4. The molecule has 1 aromatic heterocycles. The Hall–Kier alpha value is -0.520. The van der Waals surface area contributed by atoms with Gasteiger partial charge in [-0.3, -0.25) is 0 Å². The van der Waals surface area contributed by atoms with Crippen LogP contribution in [0.3, 0.4) is 0 Å². The molecular formula is C13H20ClNO3S. The van der Waals surface area contributed by atoms with Crippen LogP contribution < -0.4 is 0 Å². The van der Waals surface area contributed by atoms with Gasteiger partial charge in [0.25, 0.3) is 10.0 Å². The van der Waals surface area contributed by atoms with E-state index in [0.29, 0.717) is 24.8 Å². The molecule has 1 aliphatic heterocycles. The molecule has 6 heteroatoms. The second-order valence-electron chi connectivity index (χ2n) is 4.99. The van der Waals surface area contributed by atoms with Gasteiger partial charge in [0.15, 0.2) is 0 Å². The number of rotatable bonds is 5. The first-order chi connectivity index (χ1) is 9.07. The van der Waals surface area contributed by atoms with Gasteiger partial charge in [-0.05, 0) is 30.9 Å². The third kappa shape index (κ3) is 3.33. The van der Waals surface area contributed by atoms with Gasteiger partial charge >= 0.3 is 0 Å². The molecule has 0 saturated carbocycles. The standard InChI is InChI=1S/C13H20ClNO3S/c1-2-3-11-6-8-15(9-7-11)19(16,17)13-5-4-12(10-14)18-13/h4-5,11H,2-3,6-10H2,1H3. The summed E-state index contributed by atoms with van der Waals surface area (Å²) in [5, 5.41) is 0.0112. The first-order valence-electron chi connectivity index (χ1n) is 6.72. The number of hydrogen-bond donors (Lipinski definition) is 0. The number of sulfonamides is 1. The summed E-state index contributed by atoms with van der Waals surface area (Å²) in [5.41, 5.74) is 0. The quantitative estimate of drug-likeness (QED) is 0.785. The Morgan fingerprint density at radius 2 is 2.05 bits per heavy atom. The number of nitrogens with zero attached hydrogens (tertiary/aromatic N) is 1. The van der Waals surface area contributed by atoms with Crippen molar-refractivity contribution in [1.82, 2.24) is 4.31 Å². The highest BCUT2D eigenvalue weighted by atomic mass is 35.5. The van der Waals surface area contributed by atoms with Gasteiger partial charge in [0, 0.05) is 13.1 Å². The van der Waals surface area contributed by atoms with E-state index in [9.17, 15) is 8.42 Å². The van der Waals surface area contributed by atoms with E-state index in [1.165, 1.54) is 16.8 Å². The van der Waals surface area contributed by atoms with E-state index in [1.54, 1.807) is 6.07 Å². The molecule has 2 rings (SSSR count). The van der Waals surface area contributed by atoms with Gasteiger partial charge in [-0.25, -0.2) is 8.42 Å². The Labute approximate surface area is 119 Å². The molecular weight excluding hydrogens is 286 g/mol. The van der Waals surface area contributed by atoms with Crippen molar-refractivity contribution in [2.75, 3.05) is 13.1 Å². The van der Waals surface area contributed by atoms with Gasteiger partial charge in [0.05, 0.1) is 5.88 Å². The van der Waals surface area contributed by atoms with E-state index in [-0.39, 0.29) is 11.0 Å². The topological polar surface area (TPSA) is 50.5 Å². The van der Waals surface area contributed by atoms with E-state index in [1.807, 2.05) is 0 Å².